The van der Waals surface area contributed by atoms with E-state index >= 15 is 0 Å². The molecule has 1 atom stereocenters. The summed E-state index contributed by atoms with van der Waals surface area (Å²) in [5, 5.41) is 9.49. The summed E-state index contributed by atoms with van der Waals surface area (Å²) in [7, 11) is 0. The van der Waals surface area contributed by atoms with Crippen molar-refractivity contribution in [2.24, 2.45) is 0 Å². The Morgan fingerprint density at radius 1 is 1.16 bits per heavy atom. The maximum absolute atomic E-state index is 13.6. The summed E-state index contributed by atoms with van der Waals surface area (Å²) in [5.74, 6) is -0.209. The molecule has 1 N–H and O–H groups in total. The van der Waals surface area contributed by atoms with E-state index in [1.165, 1.54) is 28.0 Å². The highest BCUT2D eigenvalue weighted by Crippen LogP contribution is 2.39. The van der Waals surface area contributed by atoms with Crippen molar-refractivity contribution in [1.29, 1.82) is 0 Å². The topological polar surface area (TPSA) is 53.0 Å². The average molecular weight is 360 g/mol. The summed E-state index contributed by atoms with van der Waals surface area (Å²) in [6.07, 6.45) is -5.00. The summed E-state index contributed by atoms with van der Waals surface area (Å²) in [4.78, 5) is 14.7. The number of halogens is 3. The van der Waals surface area contributed by atoms with E-state index in [-0.39, 0.29) is 37.5 Å². The van der Waals surface area contributed by atoms with Crippen molar-refractivity contribution in [3.05, 3.63) is 29.8 Å². The third-order valence-corrected chi connectivity index (χ3v) is 3.83. The van der Waals surface area contributed by atoms with Gasteiger partial charge in [0, 0.05) is 26.2 Å². The molecule has 0 radical (unpaired) electrons. The Balaban J connectivity index is 2.09. The smallest absolute Gasteiger partial charge is 0.410 e. The lowest BCUT2D eigenvalue weighted by Gasteiger charge is -2.40. The molecular weight excluding hydrogens is 337 g/mol. The Morgan fingerprint density at radius 2 is 1.76 bits per heavy atom. The number of ether oxygens (including phenoxy) is 1. The lowest BCUT2D eigenvalue weighted by atomic mass is 10.0. The quantitative estimate of drug-likeness (QED) is 0.876. The predicted molar refractivity (Wildman–Crippen MR) is 86.3 cm³/mol. The maximum Gasteiger partial charge on any atom is 0.410 e. The highest BCUT2D eigenvalue weighted by Gasteiger charge is 2.45. The van der Waals surface area contributed by atoms with Crippen molar-refractivity contribution in [1.82, 2.24) is 9.80 Å². The fraction of sp³-hybridized carbons (Fsp3) is 0.588. The summed E-state index contributed by atoms with van der Waals surface area (Å²) in [6.45, 7) is 5.66. The Morgan fingerprint density at radius 3 is 2.24 bits per heavy atom. The van der Waals surface area contributed by atoms with Gasteiger partial charge in [0.05, 0.1) is 0 Å². The van der Waals surface area contributed by atoms with Gasteiger partial charge < -0.3 is 14.7 Å². The van der Waals surface area contributed by atoms with Gasteiger partial charge in [0.2, 0.25) is 0 Å². The van der Waals surface area contributed by atoms with Gasteiger partial charge in [-0.25, -0.2) is 4.79 Å². The van der Waals surface area contributed by atoms with E-state index in [2.05, 4.69) is 0 Å². The van der Waals surface area contributed by atoms with Crippen molar-refractivity contribution in [3.63, 3.8) is 0 Å². The van der Waals surface area contributed by atoms with Gasteiger partial charge in [-0.3, -0.25) is 4.90 Å². The molecule has 1 heterocycles. The molecule has 1 saturated heterocycles. The van der Waals surface area contributed by atoms with Crippen molar-refractivity contribution < 1.29 is 27.8 Å². The molecule has 1 unspecified atom stereocenters. The van der Waals surface area contributed by atoms with E-state index in [1.54, 1.807) is 20.8 Å². The monoisotopic (exact) mass is 360 g/mol. The highest BCUT2D eigenvalue weighted by atomic mass is 19.4. The molecule has 5 nitrogen and oxygen atoms in total. The van der Waals surface area contributed by atoms with Crippen molar-refractivity contribution in [2.75, 3.05) is 26.2 Å². The van der Waals surface area contributed by atoms with Crippen LogP contribution in [0.2, 0.25) is 0 Å². The normalized spacial score (nSPS) is 18.1. The zero-order valence-corrected chi connectivity index (χ0v) is 14.5. The standard InChI is InChI=1S/C17H23F3N2O3/c1-16(2,3)25-15(24)22-9-7-21(8-10-22)14(17(18,19)20)12-5-4-6-13(23)11-12/h4-6,11,14,23H,7-10H2,1-3H3. The third kappa shape index (κ3) is 5.26. The summed E-state index contributed by atoms with van der Waals surface area (Å²) >= 11 is 0. The van der Waals surface area contributed by atoms with Crippen LogP contribution in [-0.4, -0.2) is 59.0 Å². The lowest BCUT2D eigenvalue weighted by molar-refractivity contribution is -0.190. The number of piperazine rings is 1. The number of rotatable bonds is 2. The minimum absolute atomic E-state index is 0.0155. The van der Waals surface area contributed by atoms with E-state index in [9.17, 15) is 23.1 Å². The number of benzene rings is 1. The van der Waals surface area contributed by atoms with E-state index < -0.39 is 23.9 Å². The van der Waals surface area contributed by atoms with Crippen LogP contribution >= 0.6 is 0 Å². The second-order valence-electron chi connectivity index (χ2n) is 7.04. The zero-order valence-electron chi connectivity index (χ0n) is 14.5. The van der Waals surface area contributed by atoms with Gasteiger partial charge in [0.15, 0.2) is 0 Å². The van der Waals surface area contributed by atoms with E-state index in [0.29, 0.717) is 0 Å². The maximum atomic E-state index is 13.6. The Bertz CT molecular complexity index is 606. The molecule has 1 fully saturated rings. The van der Waals surface area contributed by atoms with E-state index in [0.717, 1.165) is 6.07 Å². The second-order valence-corrected chi connectivity index (χ2v) is 7.04. The number of aromatic hydroxyl groups is 1. The van der Waals surface area contributed by atoms with Gasteiger partial charge in [0.1, 0.15) is 17.4 Å². The Kier molecular flexibility index (Phi) is 5.51. The molecule has 2 rings (SSSR count). The molecule has 0 spiro atoms. The Hall–Kier alpha value is -1.96. The minimum Gasteiger partial charge on any atom is -0.508 e. The molecule has 1 aromatic rings. The van der Waals surface area contributed by atoms with Crippen molar-refractivity contribution in [3.8, 4) is 5.75 Å². The van der Waals surface area contributed by atoms with Gasteiger partial charge in [-0.05, 0) is 38.5 Å². The molecule has 140 valence electrons. The second kappa shape index (κ2) is 7.11. The molecule has 8 heteroatoms. The SMILES string of the molecule is CC(C)(C)OC(=O)N1CCN(C(c2cccc(O)c2)C(F)(F)F)CC1. The highest BCUT2D eigenvalue weighted by molar-refractivity contribution is 5.68. The number of nitrogens with zero attached hydrogens (tertiary/aromatic N) is 2. The van der Waals surface area contributed by atoms with Crippen LogP contribution in [0.25, 0.3) is 0 Å². The molecule has 0 aromatic heterocycles. The fourth-order valence-corrected chi connectivity index (χ4v) is 2.79. The molecule has 1 aliphatic heterocycles. The van der Waals surface area contributed by atoms with Crippen LogP contribution in [-0.2, 0) is 4.74 Å². The summed E-state index contributed by atoms with van der Waals surface area (Å²) in [6, 6.07) is 3.37. The molecule has 1 aliphatic rings. The first-order chi connectivity index (χ1) is 11.5. The molecule has 0 saturated carbocycles. The number of carbonyl (C=O) groups is 1. The van der Waals surface area contributed by atoms with Crippen LogP contribution in [0.1, 0.15) is 32.4 Å². The van der Waals surface area contributed by atoms with Crippen LogP contribution in [0, 0.1) is 0 Å². The van der Waals surface area contributed by atoms with Crippen molar-refractivity contribution >= 4 is 6.09 Å². The molecule has 1 amide bonds. The molecule has 0 bridgehead atoms. The summed E-state index contributed by atoms with van der Waals surface area (Å²) in [5.41, 5.74) is -0.664. The van der Waals surface area contributed by atoms with Gasteiger partial charge >= 0.3 is 12.3 Å². The average Bonchev–Trinajstić information content (AvgIpc) is 2.45. The molecule has 25 heavy (non-hydrogen) atoms. The van der Waals surface area contributed by atoms with Crippen LogP contribution < -0.4 is 0 Å². The first-order valence-corrected chi connectivity index (χ1v) is 8.05. The van der Waals surface area contributed by atoms with E-state index in [1.807, 2.05) is 0 Å². The number of phenolic OH excluding ortho intramolecular Hbond substituents is 1. The number of hydrogen-bond acceptors (Lipinski definition) is 4. The van der Waals surface area contributed by atoms with Gasteiger partial charge in [0.25, 0.3) is 0 Å². The van der Waals surface area contributed by atoms with Crippen molar-refractivity contribution in [2.45, 2.75) is 38.6 Å². The summed E-state index contributed by atoms with van der Waals surface area (Å²) < 4.78 is 46.0. The molecule has 1 aromatic carbocycles. The van der Waals surface area contributed by atoms with Crippen LogP contribution in [0.5, 0.6) is 5.75 Å². The number of alkyl halides is 3. The van der Waals surface area contributed by atoms with Gasteiger partial charge in [-0.1, -0.05) is 12.1 Å². The lowest BCUT2D eigenvalue weighted by Crippen LogP contribution is -2.53. The van der Waals surface area contributed by atoms with Gasteiger partial charge in [-0.15, -0.1) is 0 Å². The van der Waals surface area contributed by atoms with Crippen LogP contribution in [0.3, 0.4) is 0 Å². The van der Waals surface area contributed by atoms with Crippen LogP contribution in [0.15, 0.2) is 24.3 Å². The van der Waals surface area contributed by atoms with Crippen LogP contribution in [0.4, 0.5) is 18.0 Å². The van der Waals surface area contributed by atoms with Gasteiger partial charge in [-0.2, -0.15) is 13.2 Å². The number of amides is 1. The molecule has 0 aliphatic carbocycles. The Labute approximate surface area is 145 Å². The number of phenols is 1. The fourth-order valence-electron chi connectivity index (χ4n) is 2.79. The zero-order chi connectivity index (χ0) is 18.8. The third-order valence-electron chi connectivity index (χ3n) is 3.83. The first-order valence-electron chi connectivity index (χ1n) is 8.05. The largest absolute Gasteiger partial charge is 0.508 e. The predicted octanol–water partition coefficient (Wildman–Crippen LogP) is 3.55. The number of carbonyl (C=O) groups excluding carboxylic acids is 1. The molecular formula is C17H23F3N2O3. The minimum atomic E-state index is -4.48. The first kappa shape index (κ1) is 19.4. The number of hydrogen-bond donors (Lipinski definition) is 1. The van der Waals surface area contributed by atoms with E-state index in [4.69, 9.17) is 4.74 Å².